The fraction of sp³-hybridized carbons (Fsp3) is 0.633. The predicted molar refractivity (Wildman–Crippen MR) is 161 cm³/mol. The molecule has 0 radical (unpaired) electrons. The molecule has 42 heavy (non-hydrogen) atoms. The average molecular weight is 601 g/mol. The third kappa shape index (κ3) is 6.81. The number of hydrogen-bond donors (Lipinski definition) is 3. The topological polar surface area (TPSA) is 151 Å². The maximum Gasteiger partial charge on any atom is 0.411 e. The van der Waals surface area contributed by atoms with Gasteiger partial charge in [-0.3, -0.25) is 10.1 Å². The first-order chi connectivity index (χ1) is 20.0. The van der Waals surface area contributed by atoms with Crippen molar-refractivity contribution in [2.24, 2.45) is 29.4 Å². The number of nitrogens with one attached hydrogen (secondary N) is 2. The molecule has 230 valence electrons. The Morgan fingerprint density at radius 2 is 1.74 bits per heavy atom. The van der Waals surface area contributed by atoms with Crippen LogP contribution in [0.4, 0.5) is 10.5 Å². The Morgan fingerprint density at radius 1 is 1.07 bits per heavy atom. The highest BCUT2D eigenvalue weighted by molar-refractivity contribution is 7.88. The van der Waals surface area contributed by atoms with E-state index < -0.39 is 16.1 Å². The average Bonchev–Trinajstić information content (AvgIpc) is 3.65. The van der Waals surface area contributed by atoms with Crippen molar-refractivity contribution in [3.8, 4) is 11.3 Å². The molecule has 4 N–H and O–H groups in total. The van der Waals surface area contributed by atoms with Crippen LogP contribution in [0.25, 0.3) is 11.3 Å². The van der Waals surface area contributed by atoms with Crippen molar-refractivity contribution in [2.45, 2.75) is 64.0 Å². The van der Waals surface area contributed by atoms with Gasteiger partial charge in [-0.2, -0.15) is 0 Å². The molecule has 1 saturated carbocycles. The maximum atomic E-state index is 14.0. The Hall–Kier alpha value is -2.96. The van der Waals surface area contributed by atoms with Crippen LogP contribution in [0.1, 0.15) is 63.7 Å². The van der Waals surface area contributed by atoms with E-state index in [1.165, 1.54) is 13.4 Å². The minimum absolute atomic E-state index is 0.00220. The van der Waals surface area contributed by atoms with Crippen molar-refractivity contribution in [3.63, 3.8) is 0 Å². The summed E-state index contributed by atoms with van der Waals surface area (Å²) in [7, 11) is -1.87. The molecule has 1 aromatic heterocycles. The lowest BCUT2D eigenvalue weighted by atomic mass is 9.78. The van der Waals surface area contributed by atoms with Crippen molar-refractivity contribution in [2.75, 3.05) is 38.3 Å². The van der Waals surface area contributed by atoms with E-state index in [4.69, 9.17) is 10.7 Å². The highest BCUT2D eigenvalue weighted by Crippen LogP contribution is 2.43. The van der Waals surface area contributed by atoms with E-state index in [1.807, 2.05) is 12.1 Å². The number of hydrogen-bond acceptors (Lipinski definition) is 7. The summed E-state index contributed by atoms with van der Waals surface area (Å²) in [6.45, 7) is 3.79. The number of amides is 2. The largest absolute Gasteiger partial charge is 0.453 e. The first-order valence-electron chi connectivity index (χ1n) is 15.0. The smallest absolute Gasteiger partial charge is 0.411 e. The van der Waals surface area contributed by atoms with Gasteiger partial charge >= 0.3 is 6.09 Å². The number of benzene rings is 1. The molecule has 3 fully saturated rings. The van der Waals surface area contributed by atoms with Crippen molar-refractivity contribution in [3.05, 3.63) is 36.3 Å². The Bertz CT molecular complexity index is 1340. The second kappa shape index (κ2) is 12.7. The lowest BCUT2D eigenvalue weighted by Gasteiger charge is -2.34. The summed E-state index contributed by atoms with van der Waals surface area (Å²) < 4.78 is 30.3. The second-order valence-corrected chi connectivity index (χ2v) is 14.3. The van der Waals surface area contributed by atoms with E-state index >= 15 is 0 Å². The molecule has 3 atom stereocenters. The zero-order valence-electron chi connectivity index (χ0n) is 24.8. The van der Waals surface area contributed by atoms with Gasteiger partial charge in [0.2, 0.25) is 15.9 Å². The minimum Gasteiger partial charge on any atom is -0.453 e. The Kier molecular flexibility index (Phi) is 9.24. The number of imidazole rings is 1. The molecule has 11 nitrogen and oxygen atoms in total. The highest BCUT2D eigenvalue weighted by atomic mass is 32.2. The summed E-state index contributed by atoms with van der Waals surface area (Å²) in [4.78, 5) is 35.8. The molecular formula is C30H44N6O5S. The van der Waals surface area contributed by atoms with Gasteiger partial charge < -0.3 is 20.4 Å². The highest BCUT2D eigenvalue weighted by Gasteiger charge is 2.44. The predicted octanol–water partition coefficient (Wildman–Crippen LogP) is 3.97. The minimum atomic E-state index is -3.19. The first-order valence-corrected chi connectivity index (χ1v) is 16.9. The number of aromatic amines is 1. The van der Waals surface area contributed by atoms with E-state index in [0.717, 1.165) is 62.0 Å². The molecule has 1 aliphatic carbocycles. The quantitative estimate of drug-likeness (QED) is 0.435. The number of carbonyl (C=O) groups is 2. The monoisotopic (exact) mass is 600 g/mol. The normalized spacial score (nSPS) is 26.6. The van der Waals surface area contributed by atoms with Crippen LogP contribution < -0.4 is 11.1 Å². The Morgan fingerprint density at radius 3 is 2.33 bits per heavy atom. The summed E-state index contributed by atoms with van der Waals surface area (Å²) in [5.41, 5.74) is 8.54. The van der Waals surface area contributed by atoms with Gasteiger partial charge in [-0.05, 0) is 87.3 Å². The van der Waals surface area contributed by atoms with Crippen LogP contribution in [-0.2, 0) is 19.6 Å². The van der Waals surface area contributed by atoms with Crippen molar-refractivity contribution in [1.82, 2.24) is 19.2 Å². The van der Waals surface area contributed by atoms with Crippen LogP contribution in [-0.4, -0.2) is 78.6 Å². The molecule has 1 aromatic carbocycles. The number of nitrogens with zero attached hydrogens (tertiary/aromatic N) is 3. The van der Waals surface area contributed by atoms with E-state index in [1.54, 1.807) is 22.6 Å². The first kappa shape index (κ1) is 30.5. The van der Waals surface area contributed by atoms with Gasteiger partial charge in [-0.25, -0.2) is 22.5 Å². The number of carbonyl (C=O) groups excluding carboxylic acids is 2. The molecule has 2 saturated heterocycles. The number of sulfonamides is 1. The van der Waals surface area contributed by atoms with Gasteiger partial charge in [0.15, 0.2) is 0 Å². The molecule has 2 amide bonds. The summed E-state index contributed by atoms with van der Waals surface area (Å²) in [5.74, 6) is 2.10. The molecule has 0 bridgehead atoms. The maximum absolute atomic E-state index is 14.0. The number of methoxy groups -OCH3 is 1. The van der Waals surface area contributed by atoms with Gasteiger partial charge in [0.25, 0.3) is 0 Å². The lowest BCUT2D eigenvalue weighted by Crippen LogP contribution is -2.41. The molecule has 2 aromatic rings. The van der Waals surface area contributed by atoms with Crippen molar-refractivity contribution in [1.29, 1.82) is 0 Å². The van der Waals surface area contributed by atoms with Gasteiger partial charge in [0.1, 0.15) is 5.82 Å². The fourth-order valence-electron chi connectivity index (χ4n) is 7.07. The van der Waals surface area contributed by atoms with E-state index in [2.05, 4.69) is 26.9 Å². The zero-order valence-corrected chi connectivity index (χ0v) is 25.6. The van der Waals surface area contributed by atoms with E-state index in [-0.39, 0.29) is 23.9 Å². The van der Waals surface area contributed by atoms with Gasteiger partial charge in [-0.15, -0.1) is 0 Å². The van der Waals surface area contributed by atoms with Gasteiger partial charge in [0.05, 0.1) is 31.3 Å². The second-order valence-electron chi connectivity index (χ2n) is 12.3. The molecule has 3 aliphatic rings. The number of rotatable bonds is 7. The standard InChI is InChI=1S/C30H44N6O5S/c1-19(31)20-4-6-23(7-5-20)29(37)36-18-24(21-12-14-35(15-13-21)42(3,39)40)16-27(36)28-32-17-26(34-28)22-8-10-25(11-9-22)33-30(38)41-2/h8-11,17,19-21,23-24,27H,4-7,12-16,18,31H2,1-3H3,(H,32,34)(H,33,38)/t19-,20-,23-,24-,27-/m0/s1. The summed E-state index contributed by atoms with van der Waals surface area (Å²) in [5, 5.41) is 2.65. The Balaban J connectivity index is 1.33. The summed E-state index contributed by atoms with van der Waals surface area (Å²) >= 11 is 0. The van der Waals surface area contributed by atoms with E-state index in [0.29, 0.717) is 43.1 Å². The van der Waals surface area contributed by atoms with Crippen LogP contribution in [0.2, 0.25) is 0 Å². The number of anilines is 1. The van der Waals surface area contributed by atoms with Crippen LogP contribution in [0.5, 0.6) is 0 Å². The molecule has 0 spiro atoms. The molecule has 0 unspecified atom stereocenters. The lowest BCUT2D eigenvalue weighted by molar-refractivity contribution is -0.138. The molecule has 5 rings (SSSR count). The van der Waals surface area contributed by atoms with Crippen molar-refractivity contribution >= 4 is 27.7 Å². The number of aromatic nitrogens is 2. The molecule has 12 heteroatoms. The van der Waals surface area contributed by atoms with Crippen LogP contribution in [0.15, 0.2) is 30.5 Å². The molecule has 3 heterocycles. The van der Waals surface area contributed by atoms with Crippen molar-refractivity contribution < 1.29 is 22.7 Å². The van der Waals surface area contributed by atoms with Crippen LogP contribution >= 0.6 is 0 Å². The van der Waals surface area contributed by atoms with Crippen LogP contribution in [0.3, 0.4) is 0 Å². The fourth-order valence-corrected chi connectivity index (χ4v) is 7.95. The van der Waals surface area contributed by atoms with Crippen LogP contribution in [0, 0.1) is 23.7 Å². The number of nitrogens with two attached hydrogens (primary N) is 1. The third-order valence-corrected chi connectivity index (χ3v) is 11.0. The van der Waals surface area contributed by atoms with E-state index in [9.17, 15) is 18.0 Å². The summed E-state index contributed by atoms with van der Waals surface area (Å²) in [6, 6.07) is 7.39. The summed E-state index contributed by atoms with van der Waals surface area (Å²) in [6.07, 6.45) is 8.64. The van der Waals surface area contributed by atoms with Gasteiger partial charge in [-0.1, -0.05) is 12.1 Å². The van der Waals surface area contributed by atoms with Gasteiger partial charge in [0, 0.05) is 37.3 Å². The zero-order chi connectivity index (χ0) is 30.0. The Labute approximate surface area is 248 Å². The SMILES string of the molecule is COC(=O)Nc1ccc(-c2cnc([C@@H]3C[C@H](C4CCN(S(C)(=O)=O)CC4)CN3C(=O)[C@H]3CC[C@H]([C@H](C)N)CC3)[nH]2)cc1. The number of likely N-dealkylation sites (tertiary alicyclic amines) is 1. The molecular weight excluding hydrogens is 556 g/mol. The number of H-pyrrole nitrogens is 1. The molecule has 2 aliphatic heterocycles. The number of ether oxygens (including phenoxy) is 1. The third-order valence-electron chi connectivity index (χ3n) is 9.65. The number of piperidine rings is 1.